The van der Waals surface area contributed by atoms with E-state index >= 15 is 0 Å². The largest absolute Gasteiger partial charge is 0.488 e. The summed E-state index contributed by atoms with van der Waals surface area (Å²) in [5.74, 6) is 1.65. The predicted molar refractivity (Wildman–Crippen MR) is 75.7 cm³/mol. The van der Waals surface area contributed by atoms with E-state index in [0.717, 1.165) is 12.0 Å². The van der Waals surface area contributed by atoms with E-state index < -0.39 is 0 Å². The summed E-state index contributed by atoms with van der Waals surface area (Å²) < 4.78 is 11.3. The van der Waals surface area contributed by atoms with E-state index in [4.69, 9.17) is 15.2 Å². The molecule has 2 rings (SSSR count). The van der Waals surface area contributed by atoms with Crippen molar-refractivity contribution in [3.63, 3.8) is 0 Å². The van der Waals surface area contributed by atoms with Crippen LogP contribution in [-0.4, -0.2) is 11.6 Å². The average Bonchev–Trinajstić information content (AvgIpc) is 2.41. The topological polar surface area (TPSA) is 57.4 Å². The summed E-state index contributed by atoms with van der Waals surface area (Å²) in [6, 6.07) is 9.30. The van der Waals surface area contributed by atoms with Crippen molar-refractivity contribution in [3.05, 3.63) is 42.1 Å². The van der Waals surface area contributed by atoms with Gasteiger partial charge in [0, 0.05) is 6.20 Å². The van der Waals surface area contributed by atoms with Crippen LogP contribution < -0.4 is 15.2 Å². The van der Waals surface area contributed by atoms with Crippen LogP contribution in [0.4, 0.5) is 5.69 Å². The first-order valence-corrected chi connectivity index (χ1v) is 6.32. The number of pyridine rings is 1. The number of anilines is 1. The van der Waals surface area contributed by atoms with Gasteiger partial charge in [0.15, 0.2) is 11.5 Å². The van der Waals surface area contributed by atoms with Crippen molar-refractivity contribution in [2.75, 3.05) is 12.3 Å². The van der Waals surface area contributed by atoms with Crippen molar-refractivity contribution in [1.82, 2.24) is 4.98 Å². The molecule has 1 aromatic carbocycles. The van der Waals surface area contributed by atoms with Crippen molar-refractivity contribution in [2.45, 2.75) is 20.3 Å². The molecule has 0 aliphatic heterocycles. The van der Waals surface area contributed by atoms with Gasteiger partial charge in [-0.05, 0) is 43.2 Å². The molecule has 0 saturated heterocycles. The van der Waals surface area contributed by atoms with Crippen LogP contribution in [0.3, 0.4) is 0 Å². The van der Waals surface area contributed by atoms with Crippen molar-refractivity contribution in [2.24, 2.45) is 0 Å². The smallest absolute Gasteiger partial charge is 0.262 e. The zero-order valence-electron chi connectivity index (χ0n) is 11.2. The molecule has 1 heterocycles. The zero-order valence-corrected chi connectivity index (χ0v) is 11.2. The van der Waals surface area contributed by atoms with Gasteiger partial charge in [-0.1, -0.05) is 13.0 Å². The highest BCUT2D eigenvalue weighted by atomic mass is 16.5. The molecule has 0 saturated carbocycles. The first kappa shape index (κ1) is 13.2. The molecule has 19 heavy (non-hydrogen) atoms. The molecule has 4 nitrogen and oxygen atoms in total. The van der Waals surface area contributed by atoms with Gasteiger partial charge in [0.2, 0.25) is 0 Å². The number of aryl methyl sites for hydroxylation is 1. The molecule has 0 unspecified atom stereocenters. The Balaban J connectivity index is 2.22. The number of ether oxygens (including phenoxy) is 2. The second kappa shape index (κ2) is 6.09. The lowest BCUT2D eigenvalue weighted by Crippen LogP contribution is -2.00. The fourth-order valence-corrected chi connectivity index (χ4v) is 1.64. The first-order chi connectivity index (χ1) is 9.20. The van der Waals surface area contributed by atoms with Crippen molar-refractivity contribution >= 4 is 5.69 Å². The minimum atomic E-state index is 0.437. The number of rotatable bonds is 5. The lowest BCUT2D eigenvalue weighted by atomic mass is 10.2. The lowest BCUT2D eigenvalue weighted by molar-refractivity contribution is 0.298. The van der Waals surface area contributed by atoms with Crippen LogP contribution in [0.15, 0.2) is 36.5 Å². The fourth-order valence-electron chi connectivity index (χ4n) is 1.64. The van der Waals surface area contributed by atoms with E-state index in [1.165, 1.54) is 0 Å². The molecule has 1 aromatic heterocycles. The van der Waals surface area contributed by atoms with Gasteiger partial charge in [-0.2, -0.15) is 0 Å². The summed E-state index contributed by atoms with van der Waals surface area (Å²) in [7, 11) is 0. The molecule has 0 atom stereocenters. The van der Waals surface area contributed by atoms with Crippen LogP contribution in [0.2, 0.25) is 0 Å². The van der Waals surface area contributed by atoms with Gasteiger partial charge in [-0.15, -0.1) is 0 Å². The predicted octanol–water partition coefficient (Wildman–Crippen LogP) is 3.55. The summed E-state index contributed by atoms with van der Waals surface area (Å²) in [5, 5.41) is 0. The third kappa shape index (κ3) is 3.37. The first-order valence-electron chi connectivity index (χ1n) is 6.32. The molecule has 100 valence electrons. The number of nitrogen functional groups attached to an aromatic ring is 1. The van der Waals surface area contributed by atoms with E-state index in [0.29, 0.717) is 29.7 Å². The zero-order chi connectivity index (χ0) is 13.7. The van der Waals surface area contributed by atoms with Crippen molar-refractivity contribution in [1.29, 1.82) is 0 Å². The second-order valence-electron chi connectivity index (χ2n) is 4.30. The number of aromatic nitrogens is 1. The Morgan fingerprint density at radius 3 is 2.79 bits per heavy atom. The molecular formula is C15H18N2O2. The monoisotopic (exact) mass is 258 g/mol. The third-order valence-corrected chi connectivity index (χ3v) is 2.57. The lowest BCUT2D eigenvalue weighted by Gasteiger charge is -2.12. The van der Waals surface area contributed by atoms with Crippen LogP contribution in [0.5, 0.6) is 17.4 Å². The van der Waals surface area contributed by atoms with Gasteiger partial charge in [-0.3, -0.25) is 0 Å². The van der Waals surface area contributed by atoms with Gasteiger partial charge in [-0.25, -0.2) is 4.98 Å². The summed E-state index contributed by atoms with van der Waals surface area (Å²) in [5.41, 5.74) is 7.61. The number of benzene rings is 1. The molecule has 0 aliphatic carbocycles. The van der Waals surface area contributed by atoms with E-state index in [2.05, 4.69) is 11.9 Å². The molecule has 2 N–H and O–H groups in total. The molecule has 4 heteroatoms. The molecule has 0 fully saturated rings. The fraction of sp³-hybridized carbons (Fsp3) is 0.267. The number of hydrogen-bond acceptors (Lipinski definition) is 4. The van der Waals surface area contributed by atoms with Gasteiger partial charge < -0.3 is 15.2 Å². The average molecular weight is 258 g/mol. The Kier molecular flexibility index (Phi) is 4.23. The highest BCUT2D eigenvalue weighted by Crippen LogP contribution is 2.32. The SMILES string of the molecule is CCCOc1cccnc1Oc1ccc(C)cc1N. The molecule has 0 bridgehead atoms. The summed E-state index contributed by atoms with van der Waals surface area (Å²) >= 11 is 0. The Labute approximate surface area is 113 Å². The van der Waals surface area contributed by atoms with E-state index in [1.54, 1.807) is 6.20 Å². The number of nitrogens with zero attached hydrogens (tertiary/aromatic N) is 1. The molecule has 0 aliphatic rings. The maximum atomic E-state index is 5.93. The maximum absolute atomic E-state index is 5.93. The van der Waals surface area contributed by atoms with E-state index in [-0.39, 0.29) is 0 Å². The Morgan fingerprint density at radius 2 is 2.05 bits per heavy atom. The highest BCUT2D eigenvalue weighted by Gasteiger charge is 2.09. The van der Waals surface area contributed by atoms with Crippen LogP contribution in [0, 0.1) is 6.92 Å². The van der Waals surface area contributed by atoms with Gasteiger partial charge in [0.05, 0.1) is 12.3 Å². The maximum Gasteiger partial charge on any atom is 0.262 e. The molecule has 0 spiro atoms. The molecular weight excluding hydrogens is 240 g/mol. The van der Waals surface area contributed by atoms with Crippen molar-refractivity contribution in [3.8, 4) is 17.4 Å². The second-order valence-corrected chi connectivity index (χ2v) is 4.30. The molecule has 2 aromatic rings. The Hall–Kier alpha value is -2.23. The number of nitrogens with two attached hydrogens (primary N) is 1. The van der Waals surface area contributed by atoms with Crippen LogP contribution in [0.25, 0.3) is 0 Å². The van der Waals surface area contributed by atoms with Crippen LogP contribution >= 0.6 is 0 Å². The summed E-state index contributed by atoms with van der Waals surface area (Å²) in [6.07, 6.45) is 2.60. The van der Waals surface area contributed by atoms with Gasteiger partial charge in [0.1, 0.15) is 0 Å². The molecule has 0 radical (unpaired) electrons. The summed E-state index contributed by atoms with van der Waals surface area (Å²) in [4.78, 5) is 4.19. The molecule has 0 amide bonds. The van der Waals surface area contributed by atoms with E-state index in [1.807, 2.05) is 37.3 Å². The van der Waals surface area contributed by atoms with Crippen molar-refractivity contribution < 1.29 is 9.47 Å². The minimum absolute atomic E-state index is 0.437. The normalized spacial score (nSPS) is 10.2. The number of hydrogen-bond donors (Lipinski definition) is 1. The summed E-state index contributed by atoms with van der Waals surface area (Å²) in [6.45, 7) is 4.66. The Bertz CT molecular complexity index is 556. The third-order valence-electron chi connectivity index (χ3n) is 2.57. The van der Waals surface area contributed by atoms with Gasteiger partial charge in [0.25, 0.3) is 5.88 Å². The highest BCUT2D eigenvalue weighted by molar-refractivity contribution is 5.55. The van der Waals surface area contributed by atoms with E-state index in [9.17, 15) is 0 Å². The minimum Gasteiger partial charge on any atom is -0.488 e. The van der Waals surface area contributed by atoms with Crippen LogP contribution in [0.1, 0.15) is 18.9 Å². The standard InChI is InChI=1S/C15H18N2O2/c1-3-9-18-14-5-4-8-17-15(14)19-13-7-6-11(2)10-12(13)16/h4-8,10H,3,9,16H2,1-2H3. The van der Waals surface area contributed by atoms with Gasteiger partial charge >= 0.3 is 0 Å². The Morgan fingerprint density at radius 1 is 1.21 bits per heavy atom. The van der Waals surface area contributed by atoms with Crippen LogP contribution in [-0.2, 0) is 0 Å². The quantitative estimate of drug-likeness (QED) is 0.833.